The van der Waals surface area contributed by atoms with Gasteiger partial charge in [-0.15, -0.1) is 0 Å². The first-order valence-electron chi connectivity index (χ1n) is 8.56. The van der Waals surface area contributed by atoms with Gasteiger partial charge < -0.3 is 4.42 Å². The molecule has 0 radical (unpaired) electrons. The first-order valence-corrected chi connectivity index (χ1v) is 9.73. The van der Waals surface area contributed by atoms with Crippen LogP contribution >= 0.6 is 35.4 Å². The summed E-state index contributed by atoms with van der Waals surface area (Å²) in [5.41, 5.74) is 0.705. The Morgan fingerprint density at radius 3 is 2.50 bits per heavy atom. The zero-order valence-corrected chi connectivity index (χ0v) is 17.3. The van der Waals surface area contributed by atoms with Gasteiger partial charge in [-0.05, 0) is 66.8 Å². The van der Waals surface area contributed by atoms with E-state index in [2.05, 4.69) is 5.32 Å². The molecule has 0 atom stereocenters. The van der Waals surface area contributed by atoms with E-state index in [-0.39, 0.29) is 16.4 Å². The van der Waals surface area contributed by atoms with Crippen LogP contribution in [-0.4, -0.2) is 16.9 Å². The van der Waals surface area contributed by atoms with Gasteiger partial charge in [0.25, 0.3) is 11.8 Å². The fourth-order valence-corrected chi connectivity index (χ4v) is 3.57. The second kappa shape index (κ2) is 8.02. The average molecular weight is 461 g/mol. The highest BCUT2D eigenvalue weighted by Gasteiger charge is 2.34. The van der Waals surface area contributed by atoms with Gasteiger partial charge in [0.1, 0.15) is 22.9 Å². The van der Waals surface area contributed by atoms with Crippen molar-refractivity contribution in [3.8, 4) is 11.3 Å². The van der Waals surface area contributed by atoms with E-state index in [0.29, 0.717) is 27.1 Å². The molecule has 2 amide bonds. The standard InChI is InChI=1S/C21H11Cl2FN2O3S/c22-16-3-1-2-14(18(16)23)17-9-8-13(29-17)10-15-19(27)25-21(30)26(20(15)28)12-6-4-11(24)5-7-12/h1-10H,(H,25,27,30). The number of nitrogens with zero attached hydrogens (tertiary/aromatic N) is 1. The molecule has 0 aliphatic carbocycles. The van der Waals surface area contributed by atoms with Crippen molar-refractivity contribution in [3.63, 3.8) is 0 Å². The number of rotatable bonds is 3. The van der Waals surface area contributed by atoms with Gasteiger partial charge in [-0.1, -0.05) is 29.3 Å². The van der Waals surface area contributed by atoms with Crippen LogP contribution in [0.1, 0.15) is 5.76 Å². The zero-order chi connectivity index (χ0) is 21.4. The third-order valence-corrected chi connectivity index (χ3v) is 5.42. The van der Waals surface area contributed by atoms with Crippen LogP contribution in [0.25, 0.3) is 17.4 Å². The van der Waals surface area contributed by atoms with Crippen LogP contribution in [-0.2, 0) is 9.59 Å². The Labute approximate surface area is 185 Å². The first kappa shape index (κ1) is 20.3. The number of halogens is 3. The van der Waals surface area contributed by atoms with Gasteiger partial charge in [-0.3, -0.25) is 19.8 Å². The summed E-state index contributed by atoms with van der Waals surface area (Å²) in [5, 5.41) is 3.05. The number of amides is 2. The predicted octanol–water partition coefficient (Wildman–Crippen LogP) is 5.22. The number of anilines is 1. The minimum absolute atomic E-state index is 0.0976. The molecule has 1 aromatic heterocycles. The Bertz CT molecular complexity index is 1220. The summed E-state index contributed by atoms with van der Waals surface area (Å²) >= 11 is 17.4. The quantitative estimate of drug-likeness (QED) is 0.330. The highest BCUT2D eigenvalue weighted by molar-refractivity contribution is 7.80. The van der Waals surface area contributed by atoms with Crippen LogP contribution < -0.4 is 10.2 Å². The van der Waals surface area contributed by atoms with Gasteiger partial charge in [0, 0.05) is 5.56 Å². The third kappa shape index (κ3) is 3.75. The molecule has 1 aliphatic heterocycles. The summed E-state index contributed by atoms with van der Waals surface area (Å²) in [5.74, 6) is -1.11. The number of hydrogen-bond donors (Lipinski definition) is 1. The monoisotopic (exact) mass is 460 g/mol. The maximum Gasteiger partial charge on any atom is 0.270 e. The lowest BCUT2D eigenvalue weighted by Gasteiger charge is -2.28. The maximum atomic E-state index is 13.2. The number of furan rings is 1. The first-order chi connectivity index (χ1) is 14.3. The second-order valence-electron chi connectivity index (χ2n) is 6.24. The summed E-state index contributed by atoms with van der Waals surface area (Å²) < 4.78 is 19.0. The van der Waals surface area contributed by atoms with Crippen molar-refractivity contribution in [2.24, 2.45) is 0 Å². The predicted molar refractivity (Wildman–Crippen MR) is 117 cm³/mol. The molecule has 3 aromatic rings. The van der Waals surface area contributed by atoms with E-state index < -0.39 is 17.6 Å². The molecule has 1 fully saturated rings. The summed E-state index contributed by atoms with van der Waals surface area (Å²) in [6.45, 7) is 0. The Morgan fingerprint density at radius 1 is 1.03 bits per heavy atom. The zero-order valence-electron chi connectivity index (χ0n) is 15.0. The van der Waals surface area contributed by atoms with Crippen molar-refractivity contribution >= 4 is 64.1 Å². The minimum Gasteiger partial charge on any atom is -0.457 e. The molecule has 0 unspecified atom stereocenters. The smallest absolute Gasteiger partial charge is 0.270 e. The van der Waals surface area contributed by atoms with Crippen molar-refractivity contribution in [1.82, 2.24) is 5.32 Å². The Hall–Kier alpha value is -3.00. The Kier molecular flexibility index (Phi) is 5.42. The van der Waals surface area contributed by atoms with E-state index in [9.17, 15) is 14.0 Å². The summed E-state index contributed by atoms with van der Waals surface area (Å²) in [6, 6.07) is 13.5. The molecule has 0 spiro atoms. The van der Waals surface area contributed by atoms with Gasteiger partial charge in [0.15, 0.2) is 5.11 Å². The SMILES string of the molecule is O=C1NC(=S)N(c2ccc(F)cc2)C(=O)C1=Cc1ccc(-c2cccc(Cl)c2Cl)o1. The van der Waals surface area contributed by atoms with Crippen molar-refractivity contribution in [3.05, 3.63) is 81.8 Å². The Balaban J connectivity index is 1.69. The molecule has 150 valence electrons. The van der Waals surface area contributed by atoms with E-state index in [0.717, 1.165) is 4.90 Å². The number of carbonyl (C=O) groups excluding carboxylic acids is 2. The van der Waals surface area contributed by atoms with Gasteiger partial charge in [0.05, 0.1) is 15.7 Å². The number of benzene rings is 2. The van der Waals surface area contributed by atoms with Crippen LogP contribution in [0.4, 0.5) is 10.1 Å². The van der Waals surface area contributed by atoms with Gasteiger partial charge in [-0.25, -0.2) is 4.39 Å². The fraction of sp³-hybridized carbons (Fsp3) is 0. The molecular formula is C21H11Cl2FN2O3S. The largest absolute Gasteiger partial charge is 0.457 e. The molecule has 9 heteroatoms. The Morgan fingerprint density at radius 2 is 1.77 bits per heavy atom. The van der Waals surface area contributed by atoms with Crippen molar-refractivity contribution < 1.29 is 18.4 Å². The normalized spacial score (nSPS) is 15.6. The third-order valence-electron chi connectivity index (χ3n) is 4.32. The highest BCUT2D eigenvalue weighted by atomic mass is 35.5. The molecule has 30 heavy (non-hydrogen) atoms. The fourth-order valence-electron chi connectivity index (χ4n) is 2.89. The molecule has 5 nitrogen and oxygen atoms in total. The molecule has 0 saturated carbocycles. The number of carbonyl (C=O) groups is 2. The number of thiocarbonyl (C=S) groups is 1. The van der Waals surface area contributed by atoms with E-state index in [4.69, 9.17) is 39.8 Å². The molecule has 4 rings (SSSR count). The minimum atomic E-state index is -0.665. The van der Waals surface area contributed by atoms with E-state index >= 15 is 0 Å². The number of nitrogens with one attached hydrogen (secondary N) is 1. The second-order valence-corrected chi connectivity index (χ2v) is 7.41. The van der Waals surface area contributed by atoms with Crippen LogP contribution in [0.15, 0.2) is 64.6 Å². The van der Waals surface area contributed by atoms with Gasteiger partial charge >= 0.3 is 0 Å². The van der Waals surface area contributed by atoms with E-state index in [1.54, 1.807) is 30.3 Å². The van der Waals surface area contributed by atoms with Crippen LogP contribution in [0, 0.1) is 5.82 Å². The summed E-state index contributed by atoms with van der Waals surface area (Å²) in [6.07, 6.45) is 1.30. The lowest BCUT2D eigenvalue weighted by Crippen LogP contribution is -2.54. The number of hydrogen-bond acceptors (Lipinski definition) is 4. The molecule has 1 saturated heterocycles. The average Bonchev–Trinajstić information content (AvgIpc) is 3.17. The maximum absolute atomic E-state index is 13.2. The summed E-state index contributed by atoms with van der Waals surface area (Å²) in [7, 11) is 0. The molecular weight excluding hydrogens is 450 g/mol. The van der Waals surface area contributed by atoms with E-state index in [1.807, 2.05) is 0 Å². The summed E-state index contributed by atoms with van der Waals surface area (Å²) in [4.78, 5) is 26.4. The van der Waals surface area contributed by atoms with Crippen LogP contribution in [0.3, 0.4) is 0 Å². The van der Waals surface area contributed by atoms with Crippen LogP contribution in [0.5, 0.6) is 0 Å². The topological polar surface area (TPSA) is 62.6 Å². The molecule has 1 aliphatic rings. The van der Waals surface area contributed by atoms with Gasteiger partial charge in [-0.2, -0.15) is 0 Å². The molecule has 0 bridgehead atoms. The molecule has 2 aromatic carbocycles. The lowest BCUT2D eigenvalue weighted by molar-refractivity contribution is -0.122. The van der Waals surface area contributed by atoms with Crippen molar-refractivity contribution in [2.75, 3.05) is 4.90 Å². The van der Waals surface area contributed by atoms with Crippen LogP contribution in [0.2, 0.25) is 10.0 Å². The molecule has 1 N–H and O–H groups in total. The lowest BCUT2D eigenvalue weighted by atomic mass is 10.1. The van der Waals surface area contributed by atoms with Gasteiger partial charge in [0.2, 0.25) is 0 Å². The van der Waals surface area contributed by atoms with Crippen molar-refractivity contribution in [1.29, 1.82) is 0 Å². The van der Waals surface area contributed by atoms with Crippen molar-refractivity contribution in [2.45, 2.75) is 0 Å². The highest BCUT2D eigenvalue weighted by Crippen LogP contribution is 2.34. The molecule has 2 heterocycles. The van der Waals surface area contributed by atoms with E-state index in [1.165, 1.54) is 30.3 Å².